The van der Waals surface area contributed by atoms with Gasteiger partial charge in [-0.1, -0.05) is 6.07 Å². The average Bonchev–Trinajstić information content (AvgIpc) is 2.33. The lowest BCUT2D eigenvalue weighted by atomic mass is 10.1. The third-order valence-electron chi connectivity index (χ3n) is 2.21. The van der Waals surface area contributed by atoms with Gasteiger partial charge in [0.25, 0.3) is 0 Å². The number of hydrogen-bond acceptors (Lipinski definition) is 4. The summed E-state index contributed by atoms with van der Waals surface area (Å²) in [5, 5.41) is 0. The molecule has 0 unspecified atom stereocenters. The molecule has 116 valence electrons. The zero-order valence-corrected chi connectivity index (χ0v) is 12.6. The van der Waals surface area contributed by atoms with Gasteiger partial charge in [-0.2, -0.15) is 13.2 Å². The number of thioether (sulfide) groups is 1. The molecule has 0 saturated carbocycles. The number of halogens is 3. The van der Waals surface area contributed by atoms with Crippen LogP contribution < -0.4 is 0 Å². The quantitative estimate of drug-likeness (QED) is 0.478. The van der Waals surface area contributed by atoms with Gasteiger partial charge in [-0.05, 0) is 32.9 Å². The Hall–Kier alpha value is -1.50. The molecule has 1 aromatic carbocycles. The second-order valence-electron chi connectivity index (χ2n) is 5.25. The van der Waals surface area contributed by atoms with Gasteiger partial charge in [0.2, 0.25) is 0 Å². The van der Waals surface area contributed by atoms with Crippen LogP contribution >= 0.6 is 11.8 Å². The Morgan fingerprint density at radius 1 is 1.29 bits per heavy atom. The van der Waals surface area contributed by atoms with Crippen LogP contribution in [0.5, 0.6) is 0 Å². The standard InChI is InChI=1S/C14H15F3O3S/c1-13(2,3)20-12(19)8-21-11-5-4-9(7-18)6-10(11)14(15,16)17/h4-7H,8H2,1-3H3. The van der Waals surface area contributed by atoms with E-state index >= 15 is 0 Å². The highest BCUT2D eigenvalue weighted by Gasteiger charge is 2.34. The molecule has 1 rings (SSSR count). The molecule has 0 heterocycles. The van der Waals surface area contributed by atoms with Crippen LogP contribution in [-0.2, 0) is 15.7 Å². The SMILES string of the molecule is CC(C)(C)OC(=O)CSc1ccc(C=O)cc1C(F)(F)F. The third kappa shape index (κ3) is 5.79. The molecule has 0 saturated heterocycles. The van der Waals surface area contributed by atoms with Crippen LogP contribution in [0, 0.1) is 0 Å². The fourth-order valence-corrected chi connectivity index (χ4v) is 2.30. The van der Waals surface area contributed by atoms with Gasteiger partial charge in [0.15, 0.2) is 0 Å². The Labute approximate surface area is 124 Å². The molecule has 0 atom stereocenters. The predicted octanol–water partition coefficient (Wildman–Crippen LogP) is 3.95. The summed E-state index contributed by atoms with van der Waals surface area (Å²) < 4.78 is 43.8. The minimum Gasteiger partial charge on any atom is -0.459 e. The minimum absolute atomic E-state index is 0.0658. The summed E-state index contributed by atoms with van der Waals surface area (Å²) in [7, 11) is 0. The van der Waals surface area contributed by atoms with Crippen molar-refractivity contribution in [2.24, 2.45) is 0 Å². The van der Waals surface area contributed by atoms with Crippen LogP contribution in [0.3, 0.4) is 0 Å². The van der Waals surface area contributed by atoms with Crippen molar-refractivity contribution in [1.82, 2.24) is 0 Å². The predicted molar refractivity (Wildman–Crippen MR) is 73.4 cm³/mol. The summed E-state index contributed by atoms with van der Waals surface area (Å²) in [5.74, 6) is -0.832. The number of carbonyl (C=O) groups is 2. The second kappa shape index (κ2) is 6.51. The van der Waals surface area contributed by atoms with Crippen molar-refractivity contribution < 1.29 is 27.5 Å². The number of hydrogen-bond donors (Lipinski definition) is 0. The fraction of sp³-hybridized carbons (Fsp3) is 0.429. The van der Waals surface area contributed by atoms with Crippen LogP contribution in [-0.4, -0.2) is 23.6 Å². The van der Waals surface area contributed by atoms with Crippen molar-refractivity contribution in [3.63, 3.8) is 0 Å². The van der Waals surface area contributed by atoms with E-state index in [2.05, 4.69) is 0 Å². The summed E-state index contributed by atoms with van der Waals surface area (Å²) in [6.07, 6.45) is -4.24. The number of esters is 1. The zero-order chi connectivity index (χ0) is 16.3. The highest BCUT2D eigenvalue weighted by atomic mass is 32.2. The van der Waals surface area contributed by atoms with E-state index < -0.39 is 23.3 Å². The minimum atomic E-state index is -4.59. The number of benzene rings is 1. The van der Waals surface area contributed by atoms with Gasteiger partial charge >= 0.3 is 12.1 Å². The van der Waals surface area contributed by atoms with Gasteiger partial charge in [0.05, 0.1) is 11.3 Å². The van der Waals surface area contributed by atoms with Crippen molar-refractivity contribution >= 4 is 24.0 Å². The molecule has 0 aromatic heterocycles. The lowest BCUT2D eigenvalue weighted by molar-refractivity contribution is -0.151. The molecule has 3 nitrogen and oxygen atoms in total. The van der Waals surface area contributed by atoms with Gasteiger partial charge in [-0.3, -0.25) is 9.59 Å². The third-order valence-corrected chi connectivity index (χ3v) is 3.26. The Morgan fingerprint density at radius 3 is 2.38 bits per heavy atom. The van der Waals surface area contributed by atoms with E-state index in [0.29, 0.717) is 6.29 Å². The highest BCUT2D eigenvalue weighted by Crippen LogP contribution is 2.37. The van der Waals surface area contributed by atoms with Gasteiger partial charge in [0, 0.05) is 10.5 Å². The first kappa shape index (κ1) is 17.6. The molecule has 7 heteroatoms. The average molecular weight is 320 g/mol. The lowest BCUT2D eigenvalue weighted by Gasteiger charge is -2.19. The molecule has 0 fully saturated rings. The largest absolute Gasteiger partial charge is 0.459 e. The molecule has 0 spiro atoms. The molecular weight excluding hydrogens is 305 g/mol. The van der Waals surface area contributed by atoms with Gasteiger partial charge < -0.3 is 4.74 Å². The van der Waals surface area contributed by atoms with Gasteiger partial charge in [-0.15, -0.1) is 11.8 Å². The number of ether oxygens (including phenoxy) is 1. The van der Waals surface area contributed by atoms with Gasteiger partial charge in [-0.25, -0.2) is 0 Å². The Kier molecular flexibility index (Phi) is 5.44. The van der Waals surface area contributed by atoms with Gasteiger partial charge in [0.1, 0.15) is 11.9 Å². The smallest absolute Gasteiger partial charge is 0.417 e. The molecule has 0 radical (unpaired) electrons. The molecule has 21 heavy (non-hydrogen) atoms. The molecule has 1 aromatic rings. The zero-order valence-electron chi connectivity index (χ0n) is 11.8. The molecule has 0 N–H and O–H groups in total. The van der Waals surface area contributed by atoms with E-state index in [1.54, 1.807) is 20.8 Å². The number of aldehydes is 1. The van der Waals surface area contributed by atoms with E-state index in [1.807, 2.05) is 0 Å². The second-order valence-corrected chi connectivity index (χ2v) is 6.26. The summed E-state index contributed by atoms with van der Waals surface area (Å²) in [6, 6.07) is 3.23. The van der Waals surface area contributed by atoms with E-state index in [1.165, 1.54) is 12.1 Å². The summed E-state index contributed by atoms with van der Waals surface area (Å²) in [4.78, 5) is 22.0. The fourth-order valence-electron chi connectivity index (χ4n) is 1.48. The van der Waals surface area contributed by atoms with E-state index in [0.717, 1.165) is 17.8 Å². The molecule has 0 aliphatic heterocycles. The number of carbonyl (C=O) groups excluding carboxylic acids is 2. The molecule has 0 bridgehead atoms. The Morgan fingerprint density at radius 2 is 1.90 bits per heavy atom. The maximum absolute atomic E-state index is 12.9. The Bertz CT molecular complexity index is 533. The first-order valence-electron chi connectivity index (χ1n) is 6.04. The first-order valence-corrected chi connectivity index (χ1v) is 7.02. The van der Waals surface area contributed by atoms with E-state index in [4.69, 9.17) is 4.74 Å². The van der Waals surface area contributed by atoms with Crippen LogP contribution in [0.25, 0.3) is 0 Å². The number of alkyl halides is 3. The molecule has 0 amide bonds. The molecule has 0 aliphatic rings. The molecular formula is C14H15F3O3S. The topological polar surface area (TPSA) is 43.4 Å². The van der Waals surface area contributed by atoms with Crippen molar-refractivity contribution in [3.05, 3.63) is 29.3 Å². The summed E-state index contributed by atoms with van der Waals surface area (Å²) >= 11 is 0.731. The van der Waals surface area contributed by atoms with Crippen LogP contribution in [0.2, 0.25) is 0 Å². The van der Waals surface area contributed by atoms with Crippen LogP contribution in [0.1, 0.15) is 36.7 Å². The van der Waals surface area contributed by atoms with Crippen LogP contribution in [0.4, 0.5) is 13.2 Å². The highest BCUT2D eigenvalue weighted by molar-refractivity contribution is 8.00. The number of rotatable bonds is 4. The van der Waals surface area contributed by atoms with Crippen molar-refractivity contribution in [1.29, 1.82) is 0 Å². The monoisotopic (exact) mass is 320 g/mol. The first-order chi connectivity index (χ1) is 9.53. The van der Waals surface area contributed by atoms with Crippen LogP contribution in [0.15, 0.2) is 23.1 Å². The Balaban J connectivity index is 2.89. The van der Waals surface area contributed by atoms with Crippen molar-refractivity contribution in [3.8, 4) is 0 Å². The van der Waals surface area contributed by atoms with Crippen molar-refractivity contribution in [2.45, 2.75) is 37.4 Å². The maximum atomic E-state index is 12.9. The van der Waals surface area contributed by atoms with E-state index in [9.17, 15) is 22.8 Å². The van der Waals surface area contributed by atoms with Crippen molar-refractivity contribution in [2.75, 3.05) is 5.75 Å². The van der Waals surface area contributed by atoms with E-state index in [-0.39, 0.29) is 16.2 Å². The molecule has 0 aliphatic carbocycles. The maximum Gasteiger partial charge on any atom is 0.417 e. The summed E-state index contributed by atoms with van der Waals surface area (Å²) in [5.41, 5.74) is -1.68. The normalized spacial score (nSPS) is 12.1. The summed E-state index contributed by atoms with van der Waals surface area (Å²) in [6.45, 7) is 5.03. The lowest BCUT2D eigenvalue weighted by Crippen LogP contribution is -2.25.